The average Bonchev–Trinajstić information content (AvgIpc) is 2.59. The van der Waals surface area contributed by atoms with Crippen molar-refractivity contribution in [3.05, 3.63) is 42.0 Å². The zero-order valence-electron chi connectivity index (χ0n) is 16.6. The van der Waals surface area contributed by atoms with Crippen LogP contribution in [-0.2, 0) is 16.5 Å². The van der Waals surface area contributed by atoms with E-state index < -0.39 is 15.4 Å². The number of nitrogens with zero attached hydrogens (tertiary/aromatic N) is 1. The monoisotopic (exact) mass is 381 g/mol. The molecule has 1 aromatic rings. The molecule has 0 amide bonds. The van der Waals surface area contributed by atoms with Gasteiger partial charge in [-0.15, -0.1) is 0 Å². The predicted octanol–water partition coefficient (Wildman–Crippen LogP) is 4.22. The summed E-state index contributed by atoms with van der Waals surface area (Å²) in [5, 5.41) is -0.861. The predicted molar refractivity (Wildman–Crippen MR) is 109 cm³/mol. The molecule has 1 unspecified atom stereocenters. The number of hydrogen-bond acceptors (Lipinski definition) is 3. The molecule has 0 aliphatic rings. The van der Waals surface area contributed by atoms with E-state index in [0.29, 0.717) is 6.42 Å². The average molecular weight is 382 g/mol. The summed E-state index contributed by atoms with van der Waals surface area (Å²) in [6.45, 7) is 14.1. The maximum Gasteiger partial charge on any atom is 0.0981 e. The highest BCUT2D eigenvalue weighted by molar-refractivity contribution is 7.86. The Hall–Kier alpha value is -1.17. The summed E-state index contributed by atoms with van der Waals surface area (Å²) in [5.41, 5.74) is 1.87. The van der Waals surface area contributed by atoms with Crippen molar-refractivity contribution >= 4 is 16.2 Å². The molecule has 4 nitrogen and oxygen atoms in total. The van der Waals surface area contributed by atoms with E-state index in [0.717, 1.165) is 61.1 Å². The molecule has 0 heterocycles. The lowest BCUT2D eigenvalue weighted by atomic mass is 10.0. The summed E-state index contributed by atoms with van der Waals surface area (Å²) < 4.78 is 36.5. The lowest BCUT2D eigenvalue weighted by Crippen LogP contribution is -2.51. The molecule has 148 valence electrons. The normalized spacial score (nSPS) is 13.5. The van der Waals surface area contributed by atoms with Crippen LogP contribution in [0.1, 0.15) is 57.6 Å². The van der Waals surface area contributed by atoms with Gasteiger partial charge in [0.2, 0.25) is 0 Å². The highest BCUT2D eigenvalue weighted by Gasteiger charge is 2.28. The van der Waals surface area contributed by atoms with Crippen LogP contribution in [0.4, 0.5) is 0 Å². The van der Waals surface area contributed by atoms with Gasteiger partial charge in [0.1, 0.15) is 0 Å². The van der Waals surface area contributed by atoms with Crippen LogP contribution < -0.4 is 0 Å². The zero-order valence-corrected chi connectivity index (χ0v) is 17.4. The maximum atomic E-state index is 11.9. The first kappa shape index (κ1) is 22.9. The van der Waals surface area contributed by atoms with Gasteiger partial charge in [0.05, 0.1) is 41.5 Å². The van der Waals surface area contributed by atoms with E-state index in [1.54, 1.807) is 6.08 Å². The molecule has 26 heavy (non-hydrogen) atoms. The third-order valence-corrected chi connectivity index (χ3v) is 6.33. The van der Waals surface area contributed by atoms with E-state index in [1.165, 1.54) is 0 Å². The third-order valence-electron chi connectivity index (χ3n) is 5.11. The second-order valence-corrected chi connectivity index (χ2v) is 8.94. The van der Waals surface area contributed by atoms with Crippen molar-refractivity contribution in [2.75, 3.05) is 26.2 Å². The molecule has 0 fully saturated rings. The smallest absolute Gasteiger partial charge is 0.0981 e. The highest BCUT2D eigenvalue weighted by Crippen LogP contribution is 2.19. The molecule has 0 N–H and O–H groups in total. The SMILES string of the molecule is C=Cc1ccc(CC(CC[N+](CCC)(CCC)CCC)S(=O)(=O)[O-])cc1. The molecule has 0 spiro atoms. The van der Waals surface area contributed by atoms with E-state index in [4.69, 9.17) is 0 Å². The molecule has 5 heteroatoms. The first-order valence-electron chi connectivity index (χ1n) is 9.81. The van der Waals surface area contributed by atoms with Crippen molar-refractivity contribution in [3.63, 3.8) is 0 Å². The highest BCUT2D eigenvalue weighted by atomic mass is 32.2. The van der Waals surface area contributed by atoms with Crippen LogP contribution in [0.2, 0.25) is 0 Å². The Morgan fingerprint density at radius 1 is 1.00 bits per heavy atom. The molecular weight excluding hydrogens is 346 g/mol. The number of benzene rings is 1. The zero-order chi connectivity index (χ0) is 19.6. The minimum absolute atomic E-state index is 0.285. The van der Waals surface area contributed by atoms with Gasteiger partial charge in [0.15, 0.2) is 0 Å². The molecule has 0 aromatic heterocycles. The van der Waals surface area contributed by atoms with Gasteiger partial charge in [0.25, 0.3) is 0 Å². The molecular formula is C21H35NO3S. The van der Waals surface area contributed by atoms with Crippen molar-refractivity contribution in [2.45, 2.75) is 58.1 Å². The molecule has 0 saturated heterocycles. The molecule has 0 bridgehead atoms. The Balaban J connectivity index is 2.93. The van der Waals surface area contributed by atoms with Crippen LogP contribution in [0.15, 0.2) is 30.8 Å². The molecule has 0 saturated carbocycles. The van der Waals surface area contributed by atoms with Gasteiger partial charge in [0, 0.05) is 6.42 Å². The first-order chi connectivity index (χ1) is 12.3. The van der Waals surface area contributed by atoms with Gasteiger partial charge in [-0.2, -0.15) is 0 Å². The largest absolute Gasteiger partial charge is 0.748 e. The van der Waals surface area contributed by atoms with Gasteiger partial charge in [-0.1, -0.05) is 57.7 Å². The number of quaternary nitrogens is 1. The fraction of sp³-hybridized carbons (Fsp3) is 0.619. The quantitative estimate of drug-likeness (QED) is 0.380. The summed E-state index contributed by atoms with van der Waals surface area (Å²) in [5.74, 6) is 0. The minimum atomic E-state index is -4.33. The second kappa shape index (κ2) is 10.9. The summed E-state index contributed by atoms with van der Waals surface area (Å²) in [7, 11) is -4.33. The maximum absolute atomic E-state index is 11.9. The summed E-state index contributed by atoms with van der Waals surface area (Å²) >= 11 is 0. The Labute approximate surface area is 160 Å². The van der Waals surface area contributed by atoms with E-state index in [-0.39, 0.29) is 6.42 Å². The fourth-order valence-corrected chi connectivity index (χ4v) is 4.70. The van der Waals surface area contributed by atoms with Gasteiger partial charge in [-0.25, -0.2) is 8.42 Å². The summed E-state index contributed by atoms with van der Waals surface area (Å²) in [4.78, 5) is 0. The fourth-order valence-electron chi connectivity index (χ4n) is 3.91. The Morgan fingerprint density at radius 3 is 1.88 bits per heavy atom. The van der Waals surface area contributed by atoms with E-state index in [2.05, 4.69) is 27.4 Å². The van der Waals surface area contributed by atoms with Crippen molar-refractivity contribution in [3.8, 4) is 0 Å². The Morgan fingerprint density at radius 2 is 1.50 bits per heavy atom. The van der Waals surface area contributed by atoms with Gasteiger partial charge >= 0.3 is 0 Å². The van der Waals surface area contributed by atoms with Crippen LogP contribution in [0.25, 0.3) is 6.08 Å². The molecule has 0 aliphatic carbocycles. The molecule has 0 aliphatic heterocycles. The van der Waals surface area contributed by atoms with Crippen LogP contribution in [0.5, 0.6) is 0 Å². The van der Waals surface area contributed by atoms with Crippen LogP contribution in [0.3, 0.4) is 0 Å². The third kappa shape index (κ3) is 7.22. The van der Waals surface area contributed by atoms with E-state index in [1.807, 2.05) is 24.3 Å². The lowest BCUT2D eigenvalue weighted by molar-refractivity contribution is -0.928. The van der Waals surface area contributed by atoms with Crippen LogP contribution in [0, 0.1) is 0 Å². The molecule has 1 atom stereocenters. The number of rotatable bonds is 13. The van der Waals surface area contributed by atoms with Crippen LogP contribution >= 0.6 is 0 Å². The summed E-state index contributed by atoms with van der Waals surface area (Å²) in [6, 6.07) is 7.59. The first-order valence-corrected chi connectivity index (χ1v) is 11.3. The van der Waals surface area contributed by atoms with Crippen molar-refractivity contribution in [1.82, 2.24) is 0 Å². The summed E-state index contributed by atoms with van der Waals surface area (Å²) in [6.07, 6.45) is 5.66. The van der Waals surface area contributed by atoms with Crippen molar-refractivity contribution < 1.29 is 17.5 Å². The Kier molecular flexibility index (Phi) is 9.55. The number of hydrogen-bond donors (Lipinski definition) is 0. The van der Waals surface area contributed by atoms with E-state index in [9.17, 15) is 13.0 Å². The standard InChI is InChI=1S/C21H35NO3S/c1-5-14-22(15-6-2,16-7-3)17-13-21(26(23,24)25)18-20-11-9-19(8-4)10-12-20/h8-12,21H,4-7,13-18H2,1-3H3. The topological polar surface area (TPSA) is 57.2 Å². The lowest BCUT2D eigenvalue weighted by Gasteiger charge is -2.39. The van der Waals surface area contributed by atoms with Crippen molar-refractivity contribution in [2.24, 2.45) is 0 Å². The molecule has 0 radical (unpaired) electrons. The van der Waals surface area contributed by atoms with E-state index >= 15 is 0 Å². The van der Waals surface area contributed by atoms with Crippen LogP contribution in [-0.4, -0.2) is 48.9 Å². The van der Waals surface area contributed by atoms with Gasteiger partial charge < -0.3 is 9.04 Å². The van der Waals surface area contributed by atoms with Gasteiger partial charge in [-0.3, -0.25) is 0 Å². The van der Waals surface area contributed by atoms with Crippen molar-refractivity contribution in [1.29, 1.82) is 0 Å². The second-order valence-electron chi connectivity index (χ2n) is 7.29. The Bertz CT molecular complexity index is 621. The molecule has 1 aromatic carbocycles. The molecule has 1 rings (SSSR count). The minimum Gasteiger partial charge on any atom is -0.748 e. The van der Waals surface area contributed by atoms with Gasteiger partial charge in [-0.05, 0) is 36.8 Å².